The highest BCUT2D eigenvalue weighted by Gasteiger charge is 2.28. The number of nitrogens with one attached hydrogen (secondary N) is 1. The maximum absolute atomic E-state index is 12.2. The molecule has 0 unspecified atom stereocenters. The van der Waals surface area contributed by atoms with Crippen molar-refractivity contribution < 1.29 is 14.3 Å². The van der Waals surface area contributed by atoms with Gasteiger partial charge in [0.15, 0.2) is 0 Å². The predicted octanol–water partition coefficient (Wildman–Crippen LogP) is 3.03. The zero-order chi connectivity index (χ0) is 16.0. The number of halogens is 2. The number of carbonyl (C=O) groups excluding carboxylic acids is 2. The van der Waals surface area contributed by atoms with E-state index in [4.69, 9.17) is 5.26 Å². The van der Waals surface area contributed by atoms with Crippen molar-refractivity contribution in [3.8, 4) is 6.07 Å². The Labute approximate surface area is 139 Å². The summed E-state index contributed by atoms with van der Waals surface area (Å²) in [6, 6.07) is 6.21. The molecule has 112 valence electrons. The molecule has 0 aliphatic rings. The van der Waals surface area contributed by atoms with Crippen LogP contribution in [0.5, 0.6) is 0 Å². The summed E-state index contributed by atoms with van der Waals surface area (Å²) in [6.45, 7) is 1.71. The molecule has 1 amide bonds. The maximum Gasteiger partial charge on any atom is 0.328 e. The van der Waals surface area contributed by atoms with Gasteiger partial charge in [0.25, 0.3) is 5.91 Å². The molecule has 0 fully saturated rings. The van der Waals surface area contributed by atoms with Crippen molar-refractivity contribution in [2.75, 3.05) is 7.11 Å². The van der Waals surface area contributed by atoms with Crippen molar-refractivity contribution in [2.45, 2.75) is 19.4 Å². The van der Waals surface area contributed by atoms with Gasteiger partial charge >= 0.3 is 5.97 Å². The third-order valence-electron chi connectivity index (χ3n) is 2.85. The van der Waals surface area contributed by atoms with Gasteiger partial charge in [-0.1, -0.05) is 38.8 Å². The highest BCUT2D eigenvalue weighted by Crippen LogP contribution is 2.20. The molecule has 0 bridgehead atoms. The van der Waals surface area contributed by atoms with Crippen LogP contribution < -0.4 is 5.32 Å². The average molecular weight is 418 g/mol. The largest absolute Gasteiger partial charge is 0.467 e. The number of nitrogens with zero attached hydrogens (tertiary/aromatic N) is 1. The lowest BCUT2D eigenvalue weighted by molar-refractivity contribution is -0.144. The van der Waals surface area contributed by atoms with E-state index in [0.29, 0.717) is 5.56 Å². The van der Waals surface area contributed by atoms with Gasteiger partial charge in [0.05, 0.1) is 13.2 Å². The number of benzene rings is 1. The van der Waals surface area contributed by atoms with Gasteiger partial charge in [0, 0.05) is 26.8 Å². The van der Waals surface area contributed by atoms with Gasteiger partial charge < -0.3 is 10.1 Å². The van der Waals surface area contributed by atoms with Crippen molar-refractivity contribution in [3.63, 3.8) is 0 Å². The number of methoxy groups -OCH3 is 1. The lowest BCUT2D eigenvalue weighted by Gasteiger charge is -2.21. The lowest BCUT2D eigenvalue weighted by Crippen LogP contribution is -2.45. The average Bonchev–Trinajstić information content (AvgIpc) is 2.42. The summed E-state index contributed by atoms with van der Waals surface area (Å²) in [5, 5.41) is 11.4. The second-order valence-corrected chi connectivity index (χ2v) is 6.30. The highest BCUT2D eigenvalue weighted by molar-refractivity contribution is 9.11. The van der Waals surface area contributed by atoms with Crippen LogP contribution in [0.4, 0.5) is 0 Å². The number of amides is 1. The number of rotatable bonds is 5. The second kappa shape index (κ2) is 8.15. The Bertz CT molecular complexity index is 564. The minimum Gasteiger partial charge on any atom is -0.467 e. The van der Waals surface area contributed by atoms with Crippen LogP contribution in [-0.4, -0.2) is 25.0 Å². The Morgan fingerprint density at radius 3 is 2.38 bits per heavy atom. The van der Waals surface area contributed by atoms with Crippen molar-refractivity contribution in [1.29, 1.82) is 5.26 Å². The molecule has 5 nitrogen and oxygen atoms in total. The molecule has 1 aromatic rings. The molecule has 0 heterocycles. The van der Waals surface area contributed by atoms with E-state index >= 15 is 0 Å². The molecule has 0 aliphatic heterocycles. The van der Waals surface area contributed by atoms with E-state index in [9.17, 15) is 9.59 Å². The van der Waals surface area contributed by atoms with Gasteiger partial charge in [-0.05, 0) is 18.2 Å². The first kappa shape index (κ1) is 17.7. The number of carbonyl (C=O) groups is 2. The smallest absolute Gasteiger partial charge is 0.328 e. The fraction of sp³-hybridized carbons (Fsp3) is 0.357. The summed E-state index contributed by atoms with van der Waals surface area (Å²) in [4.78, 5) is 24.0. The molecule has 0 saturated carbocycles. The fourth-order valence-electron chi connectivity index (χ4n) is 1.73. The molecule has 7 heteroatoms. The molecule has 1 rings (SSSR count). The lowest BCUT2D eigenvalue weighted by atomic mass is 9.98. The van der Waals surface area contributed by atoms with Crippen LogP contribution in [-0.2, 0) is 9.53 Å². The Kier molecular flexibility index (Phi) is 6.85. The van der Waals surface area contributed by atoms with Crippen LogP contribution >= 0.6 is 31.9 Å². The first-order chi connectivity index (χ1) is 9.88. The van der Waals surface area contributed by atoms with Crippen molar-refractivity contribution in [1.82, 2.24) is 5.32 Å². The van der Waals surface area contributed by atoms with Crippen molar-refractivity contribution in [3.05, 3.63) is 32.7 Å². The second-order valence-electron chi connectivity index (χ2n) is 4.47. The number of hydrogen-bond donors (Lipinski definition) is 1. The van der Waals surface area contributed by atoms with E-state index in [1.165, 1.54) is 7.11 Å². The van der Waals surface area contributed by atoms with E-state index < -0.39 is 17.9 Å². The SMILES string of the molecule is COC(=O)[C@@H](NC(=O)c1cc(Br)cc(Br)c1)[C@@H](C)CC#N. The Morgan fingerprint density at radius 1 is 1.33 bits per heavy atom. The highest BCUT2D eigenvalue weighted by atomic mass is 79.9. The number of hydrogen-bond acceptors (Lipinski definition) is 4. The molecule has 1 N–H and O–H groups in total. The third-order valence-corrected chi connectivity index (χ3v) is 3.76. The van der Waals surface area contributed by atoms with Crippen LogP contribution in [0, 0.1) is 17.2 Å². The molecular weight excluding hydrogens is 404 g/mol. The normalized spacial score (nSPS) is 12.9. The summed E-state index contributed by atoms with van der Waals surface area (Å²) < 4.78 is 6.16. The zero-order valence-electron chi connectivity index (χ0n) is 11.5. The van der Waals surface area contributed by atoms with Crippen molar-refractivity contribution in [2.24, 2.45) is 5.92 Å². The van der Waals surface area contributed by atoms with Crippen LogP contribution in [0.15, 0.2) is 27.1 Å². The molecule has 2 atom stereocenters. The summed E-state index contributed by atoms with van der Waals surface area (Å²) in [5.41, 5.74) is 0.398. The first-order valence-electron chi connectivity index (χ1n) is 6.10. The van der Waals surface area contributed by atoms with Crippen LogP contribution in [0.3, 0.4) is 0 Å². The summed E-state index contributed by atoms with van der Waals surface area (Å²) in [7, 11) is 1.25. The summed E-state index contributed by atoms with van der Waals surface area (Å²) in [6.07, 6.45) is 0.141. The van der Waals surface area contributed by atoms with Gasteiger partial charge in [-0.15, -0.1) is 0 Å². The Hall–Kier alpha value is -1.39. The van der Waals surface area contributed by atoms with E-state index in [-0.39, 0.29) is 12.3 Å². The van der Waals surface area contributed by atoms with Crippen LogP contribution in [0.25, 0.3) is 0 Å². The monoisotopic (exact) mass is 416 g/mol. The number of nitriles is 1. The molecule has 0 spiro atoms. The first-order valence-corrected chi connectivity index (χ1v) is 7.69. The number of ether oxygens (including phenoxy) is 1. The quantitative estimate of drug-likeness (QED) is 0.746. The molecule has 0 aliphatic carbocycles. The molecular formula is C14H14Br2N2O3. The minimum absolute atomic E-state index is 0.141. The van der Waals surface area contributed by atoms with Gasteiger partial charge in [0.2, 0.25) is 0 Å². The van der Waals surface area contributed by atoms with E-state index in [2.05, 4.69) is 41.9 Å². The van der Waals surface area contributed by atoms with E-state index in [0.717, 1.165) is 8.95 Å². The van der Waals surface area contributed by atoms with Gasteiger partial charge in [-0.25, -0.2) is 4.79 Å². The Morgan fingerprint density at radius 2 is 1.90 bits per heavy atom. The Balaban J connectivity index is 2.95. The van der Waals surface area contributed by atoms with E-state index in [1.54, 1.807) is 25.1 Å². The summed E-state index contributed by atoms with van der Waals surface area (Å²) in [5.74, 6) is -1.32. The topological polar surface area (TPSA) is 79.2 Å². The predicted molar refractivity (Wildman–Crippen MR) is 84.5 cm³/mol. The van der Waals surface area contributed by atoms with Gasteiger partial charge in [-0.3, -0.25) is 4.79 Å². The zero-order valence-corrected chi connectivity index (χ0v) is 14.7. The third kappa shape index (κ3) is 5.14. The van der Waals surface area contributed by atoms with Crippen molar-refractivity contribution >= 4 is 43.7 Å². The van der Waals surface area contributed by atoms with Gasteiger partial charge in [0.1, 0.15) is 6.04 Å². The molecule has 1 aromatic carbocycles. The van der Waals surface area contributed by atoms with Crippen LogP contribution in [0.1, 0.15) is 23.7 Å². The fourth-order valence-corrected chi connectivity index (χ4v) is 3.03. The molecule has 0 saturated heterocycles. The van der Waals surface area contributed by atoms with Gasteiger partial charge in [-0.2, -0.15) is 5.26 Å². The molecule has 0 aromatic heterocycles. The van der Waals surface area contributed by atoms with E-state index in [1.807, 2.05) is 6.07 Å². The maximum atomic E-state index is 12.2. The molecule has 0 radical (unpaired) electrons. The van der Waals surface area contributed by atoms with Crippen LogP contribution in [0.2, 0.25) is 0 Å². The number of esters is 1. The molecule has 21 heavy (non-hydrogen) atoms. The minimum atomic E-state index is -0.861. The summed E-state index contributed by atoms with van der Waals surface area (Å²) >= 11 is 6.60. The standard InChI is InChI=1S/C14H14Br2N2O3/c1-8(3-4-17)12(14(20)21-2)18-13(19)9-5-10(15)7-11(16)6-9/h5-8,12H,3H2,1-2H3,(H,18,19)/t8-,12-/m0/s1.